The Morgan fingerprint density at radius 2 is 1.31 bits per heavy atom. The van der Waals surface area contributed by atoms with Crippen molar-refractivity contribution in [2.24, 2.45) is 0 Å². The van der Waals surface area contributed by atoms with E-state index in [1.807, 2.05) is 0 Å². The lowest BCUT2D eigenvalue weighted by Crippen LogP contribution is -2.06. The lowest BCUT2D eigenvalue weighted by atomic mass is 10.2. The van der Waals surface area contributed by atoms with Gasteiger partial charge in [0, 0.05) is 14.3 Å². The number of fused-ring (bicyclic) bond motifs is 2. The Bertz CT molecular complexity index is 1350. The van der Waals surface area contributed by atoms with Crippen molar-refractivity contribution in [1.82, 2.24) is 19.9 Å². The number of halogens is 5. The van der Waals surface area contributed by atoms with E-state index < -0.39 is 11.6 Å². The van der Waals surface area contributed by atoms with Crippen molar-refractivity contribution in [3.8, 4) is 17.9 Å². The second kappa shape index (κ2) is 12.5. The summed E-state index contributed by atoms with van der Waals surface area (Å²) < 4.78 is 44.2. The highest BCUT2D eigenvalue weighted by Gasteiger charge is 2.14. The number of aliphatic hydroxyl groups excluding tert-OH is 1. The Labute approximate surface area is 220 Å². The van der Waals surface area contributed by atoms with Gasteiger partial charge in [-0.2, -0.15) is 19.9 Å². The van der Waals surface area contributed by atoms with Crippen LogP contribution in [0.1, 0.15) is 13.8 Å². The summed E-state index contributed by atoms with van der Waals surface area (Å²) in [4.78, 5) is 15.9. The van der Waals surface area contributed by atoms with E-state index in [-0.39, 0.29) is 47.3 Å². The Hall–Kier alpha value is -2.41. The maximum absolute atomic E-state index is 13.9. The predicted molar refractivity (Wildman–Crippen MR) is 134 cm³/mol. The minimum atomic E-state index is -0.499. The van der Waals surface area contributed by atoms with Gasteiger partial charge in [-0.05, 0) is 38.1 Å². The van der Waals surface area contributed by atoms with Crippen LogP contribution in [0.2, 0.25) is 5.15 Å². The first-order valence-electron chi connectivity index (χ1n) is 10.3. The Kier molecular flexibility index (Phi) is 9.72. The standard InChI is InChI=1S/C12H12BrFN2O3.C10H7BrClFN2O/c1-2-18-12-15-10-8(5-7(13)6-9(10)14)11(16-12)19-4-3-17;1-2-16-10-14-8-6(9(12)15-10)3-5(11)4-7(8)13/h5-6,17H,2-4H2,1H3;3-4H,2H2,1H3. The van der Waals surface area contributed by atoms with Crippen LogP contribution in [-0.4, -0.2) is 51.5 Å². The summed E-state index contributed by atoms with van der Waals surface area (Å²) in [6.45, 7) is 4.24. The summed E-state index contributed by atoms with van der Waals surface area (Å²) >= 11 is 12.3. The SMILES string of the molecule is CCOc1nc(Cl)c2cc(Br)cc(F)c2n1.CCOc1nc(OCCO)c2cc(Br)cc(F)c2n1. The van der Waals surface area contributed by atoms with Crippen LogP contribution >= 0.6 is 43.5 Å². The van der Waals surface area contributed by atoms with Crippen LogP contribution < -0.4 is 14.2 Å². The Morgan fingerprint density at radius 1 is 0.800 bits per heavy atom. The number of hydrogen-bond acceptors (Lipinski definition) is 8. The molecule has 1 N–H and O–H groups in total. The number of aromatic nitrogens is 4. The fourth-order valence-electron chi connectivity index (χ4n) is 2.85. The first kappa shape index (κ1) is 27.2. The maximum atomic E-state index is 13.9. The van der Waals surface area contributed by atoms with Crippen molar-refractivity contribution in [3.05, 3.63) is 50.0 Å². The molecule has 2 aromatic carbocycles. The van der Waals surface area contributed by atoms with Gasteiger partial charge in [0.2, 0.25) is 5.88 Å². The van der Waals surface area contributed by atoms with Crippen molar-refractivity contribution in [1.29, 1.82) is 0 Å². The molecule has 0 saturated heterocycles. The highest BCUT2D eigenvalue weighted by molar-refractivity contribution is 9.10. The van der Waals surface area contributed by atoms with Gasteiger partial charge < -0.3 is 19.3 Å². The zero-order valence-electron chi connectivity index (χ0n) is 18.5. The molecule has 4 rings (SSSR count). The van der Waals surface area contributed by atoms with E-state index in [2.05, 4.69) is 51.8 Å². The van der Waals surface area contributed by atoms with Gasteiger partial charge in [-0.25, -0.2) is 8.78 Å². The van der Waals surface area contributed by atoms with Gasteiger partial charge in [-0.15, -0.1) is 0 Å². The first-order chi connectivity index (χ1) is 16.8. The van der Waals surface area contributed by atoms with Crippen LogP contribution in [0.25, 0.3) is 21.8 Å². The fourth-order valence-corrected chi connectivity index (χ4v) is 3.93. The summed E-state index contributed by atoms with van der Waals surface area (Å²) in [5.41, 5.74) is 0.279. The molecule has 0 aliphatic heterocycles. The summed E-state index contributed by atoms with van der Waals surface area (Å²) in [5.74, 6) is -0.779. The number of benzene rings is 2. The number of rotatable bonds is 7. The molecule has 35 heavy (non-hydrogen) atoms. The number of nitrogens with zero attached hydrogens (tertiary/aromatic N) is 4. The molecule has 13 heteroatoms. The predicted octanol–water partition coefficient (Wildman–Crippen LogP) is 5.88. The van der Waals surface area contributed by atoms with Gasteiger partial charge in [0.1, 0.15) is 22.8 Å². The van der Waals surface area contributed by atoms with Gasteiger partial charge in [-0.1, -0.05) is 43.5 Å². The van der Waals surface area contributed by atoms with E-state index in [1.165, 1.54) is 12.1 Å². The van der Waals surface area contributed by atoms with E-state index >= 15 is 0 Å². The average molecular weight is 637 g/mol. The lowest BCUT2D eigenvalue weighted by Gasteiger charge is -2.10. The van der Waals surface area contributed by atoms with Crippen LogP contribution in [0, 0.1) is 11.6 Å². The van der Waals surface area contributed by atoms with Crippen LogP contribution in [0.15, 0.2) is 33.2 Å². The molecule has 0 saturated carbocycles. The van der Waals surface area contributed by atoms with Gasteiger partial charge in [0.25, 0.3) is 0 Å². The van der Waals surface area contributed by atoms with E-state index in [9.17, 15) is 8.78 Å². The largest absolute Gasteiger partial charge is 0.475 e. The van der Waals surface area contributed by atoms with E-state index in [4.69, 9.17) is 30.9 Å². The quantitative estimate of drug-likeness (QED) is 0.251. The van der Waals surface area contributed by atoms with Crippen molar-refractivity contribution in [2.45, 2.75) is 13.8 Å². The second-order valence-corrected chi connectivity index (χ2v) is 8.80. The van der Waals surface area contributed by atoms with E-state index in [0.29, 0.717) is 32.9 Å². The minimum Gasteiger partial charge on any atom is -0.475 e. The first-order valence-corrected chi connectivity index (χ1v) is 12.2. The molecule has 4 aromatic rings. The van der Waals surface area contributed by atoms with Crippen molar-refractivity contribution >= 4 is 65.3 Å². The summed E-state index contributed by atoms with van der Waals surface area (Å²) in [6.07, 6.45) is 0. The summed E-state index contributed by atoms with van der Waals surface area (Å²) in [7, 11) is 0. The van der Waals surface area contributed by atoms with Crippen LogP contribution in [0.3, 0.4) is 0 Å². The molecule has 0 aliphatic rings. The highest BCUT2D eigenvalue weighted by atomic mass is 79.9. The molecule has 0 atom stereocenters. The maximum Gasteiger partial charge on any atom is 0.320 e. The van der Waals surface area contributed by atoms with Gasteiger partial charge >= 0.3 is 12.0 Å². The molecule has 0 bridgehead atoms. The molecule has 0 spiro atoms. The van der Waals surface area contributed by atoms with Crippen molar-refractivity contribution < 1.29 is 28.1 Å². The van der Waals surface area contributed by atoms with Crippen LogP contribution in [0.5, 0.6) is 17.9 Å². The Balaban J connectivity index is 0.000000198. The number of ether oxygens (including phenoxy) is 3. The topological polar surface area (TPSA) is 99.5 Å². The average Bonchev–Trinajstić information content (AvgIpc) is 2.80. The molecule has 0 radical (unpaired) electrons. The van der Waals surface area contributed by atoms with E-state index in [0.717, 1.165) is 0 Å². The molecular weight excluding hydrogens is 618 g/mol. The third-order valence-electron chi connectivity index (χ3n) is 4.19. The van der Waals surface area contributed by atoms with E-state index in [1.54, 1.807) is 26.0 Å². The molecule has 2 aromatic heterocycles. The minimum absolute atomic E-state index is 0.0455. The molecule has 0 aliphatic carbocycles. The molecule has 8 nitrogen and oxygen atoms in total. The molecule has 2 heterocycles. The molecule has 0 amide bonds. The second-order valence-electron chi connectivity index (χ2n) is 6.61. The highest BCUT2D eigenvalue weighted by Crippen LogP contribution is 2.30. The molecule has 0 fully saturated rings. The number of hydrogen-bond donors (Lipinski definition) is 1. The van der Waals surface area contributed by atoms with Crippen LogP contribution in [0.4, 0.5) is 8.78 Å². The van der Waals surface area contributed by atoms with Gasteiger partial charge in [0.05, 0.1) is 25.2 Å². The van der Waals surface area contributed by atoms with Gasteiger partial charge in [-0.3, -0.25) is 0 Å². The molecular formula is C22H19Br2ClF2N4O4. The van der Waals surface area contributed by atoms with Crippen molar-refractivity contribution in [3.63, 3.8) is 0 Å². The molecule has 0 unspecified atom stereocenters. The van der Waals surface area contributed by atoms with Crippen molar-refractivity contribution in [2.75, 3.05) is 26.4 Å². The lowest BCUT2D eigenvalue weighted by molar-refractivity contribution is 0.196. The zero-order chi connectivity index (χ0) is 25.5. The third-order valence-corrected chi connectivity index (χ3v) is 5.40. The van der Waals surface area contributed by atoms with Crippen LogP contribution in [-0.2, 0) is 0 Å². The number of aliphatic hydroxyl groups is 1. The normalized spacial score (nSPS) is 10.7. The zero-order valence-corrected chi connectivity index (χ0v) is 22.4. The fraction of sp³-hybridized carbons (Fsp3) is 0.273. The van der Waals surface area contributed by atoms with Gasteiger partial charge in [0.15, 0.2) is 11.6 Å². The Morgan fingerprint density at radius 3 is 1.86 bits per heavy atom. The molecule has 186 valence electrons. The third kappa shape index (κ3) is 6.84. The summed E-state index contributed by atoms with van der Waals surface area (Å²) in [5, 5.41) is 9.85. The smallest absolute Gasteiger partial charge is 0.320 e. The summed E-state index contributed by atoms with van der Waals surface area (Å²) in [6, 6.07) is 6.07. The monoisotopic (exact) mass is 634 g/mol.